The molecule has 3 nitrogen and oxygen atoms in total. The molecule has 1 aromatic rings. The minimum atomic E-state index is -0.125. The summed E-state index contributed by atoms with van der Waals surface area (Å²) in [5.74, 6) is -0.125. The first-order chi connectivity index (χ1) is 6.81. The number of aryl methyl sites for hydroxylation is 1. The summed E-state index contributed by atoms with van der Waals surface area (Å²) in [7, 11) is 0. The molecule has 0 spiro atoms. The number of aromatic nitrogens is 1. The Morgan fingerprint density at radius 3 is 3.21 bits per heavy atom. The fraction of sp³-hybridized carbons (Fsp3) is 0.545. The van der Waals surface area contributed by atoms with Gasteiger partial charge in [0.15, 0.2) is 0 Å². The van der Waals surface area contributed by atoms with E-state index in [4.69, 9.17) is 4.74 Å². The van der Waals surface area contributed by atoms with Crippen molar-refractivity contribution in [2.24, 2.45) is 0 Å². The van der Waals surface area contributed by atoms with E-state index in [0.29, 0.717) is 13.0 Å². The second kappa shape index (κ2) is 3.86. The number of carbonyl (C=O) groups excluding carboxylic acids is 1. The Hall–Kier alpha value is -1.25. The van der Waals surface area contributed by atoms with Crippen LogP contribution in [0.4, 0.5) is 0 Å². The summed E-state index contributed by atoms with van der Waals surface area (Å²) in [5.41, 5.74) is 2.44. The molecular weight excluding hydrogens is 178 g/mol. The standard InChI is InChI=1S/C11H15NO2/c1-2-14-11(13)8-10-6-5-9-4-3-7-12(9)10/h5-6H,2-4,7-8H2,1H3. The molecule has 0 aromatic carbocycles. The summed E-state index contributed by atoms with van der Waals surface area (Å²) in [6, 6.07) is 4.15. The summed E-state index contributed by atoms with van der Waals surface area (Å²) in [4.78, 5) is 11.3. The maximum atomic E-state index is 11.3. The van der Waals surface area contributed by atoms with Crippen LogP contribution in [0.1, 0.15) is 24.7 Å². The van der Waals surface area contributed by atoms with E-state index >= 15 is 0 Å². The van der Waals surface area contributed by atoms with Crippen molar-refractivity contribution in [3.8, 4) is 0 Å². The molecule has 0 amide bonds. The average molecular weight is 193 g/mol. The molecule has 1 aromatic heterocycles. The molecule has 0 aliphatic carbocycles. The van der Waals surface area contributed by atoms with Crippen molar-refractivity contribution in [1.82, 2.24) is 4.57 Å². The van der Waals surface area contributed by atoms with Gasteiger partial charge < -0.3 is 9.30 Å². The molecule has 0 atom stereocenters. The highest BCUT2D eigenvalue weighted by Crippen LogP contribution is 2.19. The van der Waals surface area contributed by atoms with Gasteiger partial charge in [-0.3, -0.25) is 4.79 Å². The molecule has 1 aliphatic rings. The normalized spacial score (nSPS) is 14.1. The molecule has 14 heavy (non-hydrogen) atoms. The molecule has 1 aliphatic heterocycles. The molecule has 0 saturated carbocycles. The van der Waals surface area contributed by atoms with Crippen molar-refractivity contribution in [2.45, 2.75) is 32.7 Å². The van der Waals surface area contributed by atoms with Crippen LogP contribution in [-0.4, -0.2) is 17.1 Å². The second-order valence-corrected chi connectivity index (χ2v) is 3.55. The smallest absolute Gasteiger partial charge is 0.311 e. The van der Waals surface area contributed by atoms with Gasteiger partial charge in [-0.1, -0.05) is 0 Å². The lowest BCUT2D eigenvalue weighted by molar-refractivity contribution is -0.142. The Bertz CT molecular complexity index is 341. The van der Waals surface area contributed by atoms with Gasteiger partial charge >= 0.3 is 5.97 Å². The Kier molecular flexibility index (Phi) is 2.57. The molecule has 0 radical (unpaired) electrons. The van der Waals surface area contributed by atoms with Crippen LogP contribution in [-0.2, 0) is 28.9 Å². The maximum absolute atomic E-state index is 11.3. The molecule has 0 bridgehead atoms. The van der Waals surface area contributed by atoms with Crippen molar-refractivity contribution >= 4 is 5.97 Å². The monoisotopic (exact) mass is 193 g/mol. The summed E-state index contributed by atoms with van der Waals surface area (Å²) >= 11 is 0. The first-order valence-corrected chi connectivity index (χ1v) is 5.14. The fourth-order valence-corrected chi connectivity index (χ4v) is 1.99. The molecule has 0 fully saturated rings. The summed E-state index contributed by atoms with van der Waals surface area (Å²) < 4.78 is 7.16. The lowest BCUT2D eigenvalue weighted by Crippen LogP contribution is -2.11. The van der Waals surface area contributed by atoms with E-state index < -0.39 is 0 Å². The Balaban J connectivity index is 2.06. The highest BCUT2D eigenvalue weighted by atomic mass is 16.5. The van der Waals surface area contributed by atoms with Crippen molar-refractivity contribution in [1.29, 1.82) is 0 Å². The topological polar surface area (TPSA) is 31.2 Å². The third-order valence-electron chi connectivity index (χ3n) is 2.61. The van der Waals surface area contributed by atoms with Gasteiger partial charge in [-0.2, -0.15) is 0 Å². The predicted octanol–water partition coefficient (Wildman–Crippen LogP) is 1.54. The molecule has 2 heterocycles. The van der Waals surface area contributed by atoms with Crippen molar-refractivity contribution in [3.05, 3.63) is 23.5 Å². The molecule has 2 rings (SSSR count). The van der Waals surface area contributed by atoms with Gasteiger partial charge in [0.25, 0.3) is 0 Å². The highest BCUT2D eigenvalue weighted by molar-refractivity contribution is 5.72. The molecule has 0 saturated heterocycles. The minimum absolute atomic E-state index is 0.125. The number of hydrogen-bond donors (Lipinski definition) is 0. The lowest BCUT2D eigenvalue weighted by atomic mass is 10.3. The summed E-state index contributed by atoms with van der Waals surface area (Å²) in [5, 5.41) is 0. The third-order valence-corrected chi connectivity index (χ3v) is 2.61. The zero-order chi connectivity index (χ0) is 9.97. The SMILES string of the molecule is CCOC(=O)Cc1ccc2n1CCC2. The number of esters is 1. The molecule has 0 unspecified atom stereocenters. The lowest BCUT2D eigenvalue weighted by Gasteiger charge is -2.05. The number of fused-ring (bicyclic) bond motifs is 1. The highest BCUT2D eigenvalue weighted by Gasteiger charge is 2.15. The Labute approximate surface area is 83.7 Å². The number of hydrogen-bond acceptors (Lipinski definition) is 2. The van der Waals surface area contributed by atoms with E-state index in [9.17, 15) is 4.79 Å². The van der Waals surface area contributed by atoms with Gasteiger partial charge in [0.2, 0.25) is 0 Å². The van der Waals surface area contributed by atoms with Gasteiger partial charge in [0, 0.05) is 17.9 Å². The van der Waals surface area contributed by atoms with Crippen LogP contribution in [0.25, 0.3) is 0 Å². The van der Waals surface area contributed by atoms with Crippen LogP contribution in [0.2, 0.25) is 0 Å². The quantitative estimate of drug-likeness (QED) is 0.682. The van der Waals surface area contributed by atoms with E-state index in [1.165, 1.54) is 12.1 Å². The molecular formula is C11H15NO2. The Morgan fingerprint density at radius 2 is 2.43 bits per heavy atom. The number of nitrogens with zero attached hydrogens (tertiary/aromatic N) is 1. The second-order valence-electron chi connectivity index (χ2n) is 3.55. The van der Waals surface area contributed by atoms with Crippen molar-refractivity contribution in [2.75, 3.05) is 6.61 Å². The van der Waals surface area contributed by atoms with E-state index in [1.54, 1.807) is 0 Å². The maximum Gasteiger partial charge on any atom is 0.311 e. The van der Waals surface area contributed by atoms with Gasteiger partial charge in [-0.25, -0.2) is 0 Å². The van der Waals surface area contributed by atoms with E-state index in [-0.39, 0.29) is 5.97 Å². The summed E-state index contributed by atoms with van der Waals surface area (Å²) in [6.07, 6.45) is 2.75. The first-order valence-electron chi connectivity index (χ1n) is 5.14. The van der Waals surface area contributed by atoms with Crippen LogP contribution >= 0.6 is 0 Å². The average Bonchev–Trinajstić information content (AvgIpc) is 2.70. The third kappa shape index (κ3) is 1.67. The van der Waals surface area contributed by atoms with E-state index in [0.717, 1.165) is 18.7 Å². The fourth-order valence-electron chi connectivity index (χ4n) is 1.99. The van der Waals surface area contributed by atoms with Crippen LogP contribution in [0.15, 0.2) is 12.1 Å². The predicted molar refractivity (Wildman–Crippen MR) is 53.1 cm³/mol. The number of ether oxygens (including phenoxy) is 1. The van der Waals surface area contributed by atoms with Crippen LogP contribution < -0.4 is 0 Å². The van der Waals surface area contributed by atoms with Gasteiger partial charge in [0.05, 0.1) is 13.0 Å². The Morgan fingerprint density at radius 1 is 1.57 bits per heavy atom. The zero-order valence-electron chi connectivity index (χ0n) is 8.45. The van der Waals surface area contributed by atoms with Crippen LogP contribution in [0, 0.1) is 0 Å². The molecule has 76 valence electrons. The number of carbonyl (C=O) groups is 1. The van der Waals surface area contributed by atoms with Crippen molar-refractivity contribution in [3.63, 3.8) is 0 Å². The summed E-state index contributed by atoms with van der Waals surface area (Å²) in [6.45, 7) is 3.35. The molecule has 3 heteroatoms. The van der Waals surface area contributed by atoms with Crippen LogP contribution in [0.5, 0.6) is 0 Å². The van der Waals surface area contributed by atoms with Gasteiger partial charge in [0.1, 0.15) is 0 Å². The first kappa shape index (κ1) is 9.31. The van der Waals surface area contributed by atoms with Gasteiger partial charge in [-0.05, 0) is 31.9 Å². The van der Waals surface area contributed by atoms with E-state index in [2.05, 4.69) is 10.6 Å². The van der Waals surface area contributed by atoms with E-state index in [1.807, 2.05) is 13.0 Å². The molecule has 0 N–H and O–H groups in total. The zero-order valence-corrected chi connectivity index (χ0v) is 8.45. The minimum Gasteiger partial charge on any atom is -0.466 e. The van der Waals surface area contributed by atoms with Crippen LogP contribution in [0.3, 0.4) is 0 Å². The van der Waals surface area contributed by atoms with Gasteiger partial charge in [-0.15, -0.1) is 0 Å². The largest absolute Gasteiger partial charge is 0.466 e. The van der Waals surface area contributed by atoms with Crippen molar-refractivity contribution < 1.29 is 9.53 Å². The number of rotatable bonds is 3.